The molecule has 0 amide bonds. The number of nitrogens with two attached hydrogens (primary N) is 1. The van der Waals surface area contributed by atoms with E-state index in [9.17, 15) is 0 Å². The highest BCUT2D eigenvalue weighted by molar-refractivity contribution is 5.35. The van der Waals surface area contributed by atoms with Gasteiger partial charge in [-0.15, -0.1) is 0 Å². The fourth-order valence-corrected chi connectivity index (χ4v) is 2.93. The predicted octanol–water partition coefficient (Wildman–Crippen LogP) is 2.30. The summed E-state index contributed by atoms with van der Waals surface area (Å²) in [6.07, 6.45) is 6.01. The molecule has 3 N–H and O–H groups in total. The molecule has 1 aromatic heterocycles. The van der Waals surface area contributed by atoms with E-state index in [0.29, 0.717) is 5.92 Å². The van der Waals surface area contributed by atoms with Crippen LogP contribution in [0.5, 0.6) is 0 Å². The summed E-state index contributed by atoms with van der Waals surface area (Å²) in [4.78, 5) is 11.7. The van der Waals surface area contributed by atoms with Crippen molar-refractivity contribution < 1.29 is 0 Å². The molecular weight excluding hydrogens is 250 g/mol. The highest BCUT2D eigenvalue weighted by Crippen LogP contribution is 2.33. The van der Waals surface area contributed by atoms with Gasteiger partial charge in [-0.25, -0.2) is 15.8 Å². The first-order chi connectivity index (χ1) is 9.76. The molecule has 5 nitrogen and oxygen atoms in total. The van der Waals surface area contributed by atoms with Crippen LogP contribution in [0.2, 0.25) is 0 Å². The lowest BCUT2D eigenvalue weighted by atomic mass is 10.0. The number of nitrogens with one attached hydrogen (secondary N) is 1. The molecule has 1 aliphatic carbocycles. The van der Waals surface area contributed by atoms with Crippen LogP contribution in [0.1, 0.15) is 57.0 Å². The summed E-state index contributed by atoms with van der Waals surface area (Å²) in [5.41, 5.74) is 3.85. The maximum atomic E-state index is 5.54. The molecule has 0 aromatic carbocycles. The van der Waals surface area contributed by atoms with Crippen molar-refractivity contribution in [3.05, 3.63) is 17.6 Å². The number of hydrogen-bond donors (Lipinski definition) is 2. The van der Waals surface area contributed by atoms with Crippen LogP contribution in [-0.4, -0.2) is 34.5 Å². The molecular formula is C15H27N5. The Hall–Kier alpha value is -1.20. The Kier molecular flexibility index (Phi) is 5.73. The zero-order chi connectivity index (χ0) is 14.4. The molecule has 1 fully saturated rings. The van der Waals surface area contributed by atoms with Crippen molar-refractivity contribution in [3.8, 4) is 0 Å². The highest BCUT2D eigenvalue weighted by atomic mass is 15.3. The lowest BCUT2D eigenvalue weighted by molar-refractivity contribution is 0.305. The zero-order valence-electron chi connectivity index (χ0n) is 12.7. The topological polar surface area (TPSA) is 67.1 Å². The van der Waals surface area contributed by atoms with E-state index in [4.69, 9.17) is 10.8 Å². The van der Waals surface area contributed by atoms with Crippen LogP contribution in [0.4, 0.5) is 5.82 Å². The maximum absolute atomic E-state index is 5.54. The molecule has 20 heavy (non-hydrogen) atoms. The lowest BCUT2D eigenvalue weighted by Gasteiger charge is -2.18. The van der Waals surface area contributed by atoms with E-state index in [-0.39, 0.29) is 0 Å². The van der Waals surface area contributed by atoms with Gasteiger partial charge in [-0.3, -0.25) is 0 Å². The Bertz CT molecular complexity index is 411. The van der Waals surface area contributed by atoms with E-state index in [0.717, 1.165) is 37.7 Å². The first kappa shape index (κ1) is 15.2. The van der Waals surface area contributed by atoms with Gasteiger partial charge in [-0.2, -0.15) is 0 Å². The Morgan fingerprint density at radius 1 is 1.25 bits per heavy atom. The number of nitrogens with zero attached hydrogens (tertiary/aromatic N) is 3. The minimum absolute atomic E-state index is 0.595. The van der Waals surface area contributed by atoms with E-state index in [1.807, 2.05) is 6.07 Å². The largest absolute Gasteiger partial charge is 0.308 e. The molecule has 0 bridgehead atoms. The number of hydrogen-bond acceptors (Lipinski definition) is 5. The van der Waals surface area contributed by atoms with E-state index >= 15 is 0 Å². The molecule has 112 valence electrons. The summed E-state index contributed by atoms with van der Waals surface area (Å²) in [5.74, 6) is 7.80. The third kappa shape index (κ3) is 3.90. The van der Waals surface area contributed by atoms with Gasteiger partial charge in [0, 0.05) is 30.6 Å². The van der Waals surface area contributed by atoms with Crippen molar-refractivity contribution >= 4 is 5.82 Å². The SMILES string of the molecule is CCN(CC)CCc1nc(NN)cc(C2CCCC2)n1. The van der Waals surface area contributed by atoms with Crippen molar-refractivity contribution in [1.82, 2.24) is 14.9 Å². The van der Waals surface area contributed by atoms with Crippen LogP contribution in [0.15, 0.2) is 6.07 Å². The molecule has 0 unspecified atom stereocenters. The van der Waals surface area contributed by atoms with E-state index in [2.05, 4.69) is 29.2 Å². The van der Waals surface area contributed by atoms with Crippen LogP contribution >= 0.6 is 0 Å². The minimum atomic E-state index is 0.595. The van der Waals surface area contributed by atoms with E-state index in [1.54, 1.807) is 0 Å². The van der Waals surface area contributed by atoms with Crippen molar-refractivity contribution in [1.29, 1.82) is 0 Å². The molecule has 2 rings (SSSR count). The summed E-state index contributed by atoms with van der Waals surface area (Å²) in [6, 6.07) is 2.01. The first-order valence-corrected chi connectivity index (χ1v) is 7.83. The van der Waals surface area contributed by atoms with Gasteiger partial charge >= 0.3 is 0 Å². The average molecular weight is 277 g/mol. The zero-order valence-corrected chi connectivity index (χ0v) is 12.7. The number of hydrazine groups is 1. The maximum Gasteiger partial charge on any atom is 0.143 e. The number of anilines is 1. The van der Waals surface area contributed by atoms with Crippen LogP contribution in [0, 0.1) is 0 Å². The van der Waals surface area contributed by atoms with Crippen LogP contribution in [0.25, 0.3) is 0 Å². The number of aromatic nitrogens is 2. The van der Waals surface area contributed by atoms with E-state index in [1.165, 1.54) is 31.4 Å². The number of rotatable bonds is 7. The fourth-order valence-electron chi connectivity index (χ4n) is 2.93. The summed E-state index contributed by atoms with van der Waals surface area (Å²) in [5, 5.41) is 0. The Balaban J connectivity index is 2.08. The average Bonchev–Trinajstić information content (AvgIpc) is 3.02. The number of likely N-dealkylation sites (N-methyl/N-ethyl adjacent to an activating group) is 1. The molecule has 1 heterocycles. The number of nitrogen functional groups attached to an aromatic ring is 1. The van der Waals surface area contributed by atoms with Gasteiger partial charge in [0.2, 0.25) is 0 Å². The van der Waals surface area contributed by atoms with Crippen molar-refractivity contribution in [3.63, 3.8) is 0 Å². The third-order valence-electron chi connectivity index (χ3n) is 4.26. The van der Waals surface area contributed by atoms with Gasteiger partial charge in [0.15, 0.2) is 0 Å². The lowest BCUT2D eigenvalue weighted by Crippen LogP contribution is -2.26. The molecule has 1 aliphatic rings. The Labute approximate surface area is 121 Å². The first-order valence-electron chi connectivity index (χ1n) is 7.83. The minimum Gasteiger partial charge on any atom is -0.308 e. The standard InChI is InChI=1S/C15H27N5/c1-3-20(4-2)10-9-14-17-13(11-15(18-14)19-16)12-7-5-6-8-12/h11-12H,3-10,16H2,1-2H3,(H,17,18,19). The molecule has 1 aromatic rings. The molecule has 0 radical (unpaired) electrons. The van der Waals surface area contributed by atoms with Gasteiger partial charge in [-0.1, -0.05) is 26.7 Å². The van der Waals surface area contributed by atoms with Crippen LogP contribution in [0.3, 0.4) is 0 Å². The highest BCUT2D eigenvalue weighted by Gasteiger charge is 2.20. The van der Waals surface area contributed by atoms with Crippen LogP contribution < -0.4 is 11.3 Å². The smallest absolute Gasteiger partial charge is 0.143 e. The van der Waals surface area contributed by atoms with Crippen LogP contribution in [-0.2, 0) is 6.42 Å². The quantitative estimate of drug-likeness (QED) is 0.591. The molecule has 1 saturated carbocycles. The molecule has 5 heteroatoms. The second-order valence-corrected chi connectivity index (χ2v) is 5.50. The van der Waals surface area contributed by atoms with Gasteiger partial charge < -0.3 is 10.3 Å². The monoisotopic (exact) mass is 277 g/mol. The summed E-state index contributed by atoms with van der Waals surface area (Å²) in [6.45, 7) is 7.52. The van der Waals surface area contributed by atoms with Gasteiger partial charge in [0.05, 0.1) is 0 Å². The van der Waals surface area contributed by atoms with Gasteiger partial charge in [0.25, 0.3) is 0 Å². The molecule has 0 aliphatic heterocycles. The molecule has 0 atom stereocenters. The molecule has 0 saturated heterocycles. The van der Waals surface area contributed by atoms with Crippen molar-refractivity contribution in [2.45, 2.75) is 51.9 Å². The Morgan fingerprint density at radius 3 is 2.55 bits per heavy atom. The van der Waals surface area contributed by atoms with E-state index < -0.39 is 0 Å². The summed E-state index contributed by atoms with van der Waals surface area (Å²) >= 11 is 0. The Morgan fingerprint density at radius 2 is 1.95 bits per heavy atom. The summed E-state index contributed by atoms with van der Waals surface area (Å²) < 4.78 is 0. The second-order valence-electron chi connectivity index (χ2n) is 5.50. The third-order valence-corrected chi connectivity index (χ3v) is 4.26. The second kappa shape index (κ2) is 7.55. The van der Waals surface area contributed by atoms with Gasteiger partial charge in [0.1, 0.15) is 11.6 Å². The fraction of sp³-hybridized carbons (Fsp3) is 0.733. The normalized spacial score (nSPS) is 16.0. The summed E-state index contributed by atoms with van der Waals surface area (Å²) in [7, 11) is 0. The van der Waals surface area contributed by atoms with Crippen molar-refractivity contribution in [2.75, 3.05) is 25.1 Å². The van der Waals surface area contributed by atoms with Crippen molar-refractivity contribution in [2.24, 2.45) is 5.84 Å². The van der Waals surface area contributed by atoms with Gasteiger partial charge in [-0.05, 0) is 25.9 Å². The predicted molar refractivity (Wildman–Crippen MR) is 82.5 cm³/mol. The molecule has 0 spiro atoms.